The van der Waals surface area contributed by atoms with Gasteiger partial charge in [-0.25, -0.2) is 0 Å². The molecule has 18 heavy (non-hydrogen) atoms. The zero-order valence-electron chi connectivity index (χ0n) is 9.49. The molecule has 0 aliphatic carbocycles. The Hall–Kier alpha value is -1.82. The molecule has 0 saturated heterocycles. The molecule has 2 heterocycles. The summed E-state index contributed by atoms with van der Waals surface area (Å²) in [6, 6.07) is 3.25. The van der Waals surface area contributed by atoms with E-state index in [2.05, 4.69) is 15.9 Å². The topological polar surface area (TPSA) is 76.5 Å². The SMILES string of the molecule is CN1Cc2c(cc3oc(C(N)=O)cc3c2Br)C1=O. The van der Waals surface area contributed by atoms with E-state index in [4.69, 9.17) is 10.2 Å². The largest absolute Gasteiger partial charge is 0.451 e. The number of primary amides is 1. The second-order valence-electron chi connectivity index (χ2n) is 4.26. The highest BCUT2D eigenvalue weighted by atomic mass is 79.9. The van der Waals surface area contributed by atoms with Crippen LogP contribution in [0.2, 0.25) is 0 Å². The van der Waals surface area contributed by atoms with Crippen molar-refractivity contribution in [2.45, 2.75) is 6.54 Å². The van der Waals surface area contributed by atoms with E-state index >= 15 is 0 Å². The summed E-state index contributed by atoms with van der Waals surface area (Å²) in [4.78, 5) is 24.6. The molecule has 2 amide bonds. The molecule has 0 radical (unpaired) electrons. The summed E-state index contributed by atoms with van der Waals surface area (Å²) in [6.07, 6.45) is 0. The molecule has 3 rings (SSSR count). The Morgan fingerprint density at radius 2 is 2.22 bits per heavy atom. The monoisotopic (exact) mass is 308 g/mol. The van der Waals surface area contributed by atoms with Gasteiger partial charge in [0, 0.05) is 29.0 Å². The van der Waals surface area contributed by atoms with Crippen LogP contribution in [0, 0.1) is 0 Å². The molecule has 5 nitrogen and oxygen atoms in total. The van der Waals surface area contributed by atoms with Crippen molar-refractivity contribution in [1.82, 2.24) is 4.90 Å². The summed E-state index contributed by atoms with van der Waals surface area (Å²) < 4.78 is 6.13. The number of halogens is 1. The van der Waals surface area contributed by atoms with Crippen LogP contribution in [0.5, 0.6) is 0 Å². The zero-order chi connectivity index (χ0) is 13.0. The van der Waals surface area contributed by atoms with Gasteiger partial charge in [0.25, 0.3) is 11.8 Å². The maximum Gasteiger partial charge on any atom is 0.284 e. The molecule has 0 fully saturated rings. The number of nitrogens with two attached hydrogens (primary N) is 1. The Bertz CT molecular complexity index is 705. The van der Waals surface area contributed by atoms with Crippen molar-refractivity contribution in [3.05, 3.63) is 33.5 Å². The number of amides is 2. The van der Waals surface area contributed by atoms with Gasteiger partial charge in [0.05, 0.1) is 0 Å². The molecule has 0 atom stereocenters. The number of rotatable bonds is 1. The van der Waals surface area contributed by atoms with Crippen molar-refractivity contribution in [3.8, 4) is 0 Å². The highest BCUT2D eigenvalue weighted by molar-refractivity contribution is 9.10. The number of nitrogens with zero attached hydrogens (tertiary/aromatic N) is 1. The highest BCUT2D eigenvalue weighted by Gasteiger charge is 2.29. The molecule has 2 aromatic rings. The molecule has 0 bridgehead atoms. The number of carbonyl (C=O) groups excluding carboxylic acids is 2. The van der Waals surface area contributed by atoms with Gasteiger partial charge in [-0.15, -0.1) is 0 Å². The molecule has 1 aliphatic rings. The van der Waals surface area contributed by atoms with Crippen molar-refractivity contribution >= 4 is 38.7 Å². The van der Waals surface area contributed by atoms with Crippen LogP contribution in [0.3, 0.4) is 0 Å². The molecular formula is C12H9BrN2O3. The molecule has 0 spiro atoms. The minimum absolute atomic E-state index is 0.0513. The number of carbonyl (C=O) groups is 2. The van der Waals surface area contributed by atoms with Crippen molar-refractivity contribution in [2.75, 3.05) is 7.05 Å². The summed E-state index contributed by atoms with van der Waals surface area (Å²) in [5, 5.41) is 0.755. The van der Waals surface area contributed by atoms with Gasteiger partial charge in [-0.3, -0.25) is 9.59 Å². The Morgan fingerprint density at radius 1 is 1.50 bits per heavy atom. The first kappa shape index (κ1) is 11.3. The molecule has 0 unspecified atom stereocenters. The van der Waals surface area contributed by atoms with E-state index in [1.54, 1.807) is 24.1 Å². The zero-order valence-corrected chi connectivity index (χ0v) is 11.1. The Kier molecular flexibility index (Phi) is 2.25. The summed E-state index contributed by atoms with van der Waals surface area (Å²) in [7, 11) is 1.74. The van der Waals surface area contributed by atoms with Crippen LogP contribution in [-0.2, 0) is 6.54 Å². The van der Waals surface area contributed by atoms with Crippen molar-refractivity contribution in [3.63, 3.8) is 0 Å². The Balaban J connectivity index is 2.32. The number of hydrogen-bond donors (Lipinski definition) is 1. The highest BCUT2D eigenvalue weighted by Crippen LogP contribution is 2.36. The Morgan fingerprint density at radius 3 is 2.89 bits per heavy atom. The van der Waals surface area contributed by atoms with Crippen LogP contribution < -0.4 is 5.73 Å². The van der Waals surface area contributed by atoms with E-state index < -0.39 is 5.91 Å². The van der Waals surface area contributed by atoms with Crippen LogP contribution in [0.25, 0.3) is 11.0 Å². The summed E-state index contributed by atoms with van der Waals surface area (Å²) in [5.74, 6) is -0.582. The van der Waals surface area contributed by atoms with Gasteiger partial charge < -0.3 is 15.1 Å². The predicted molar refractivity (Wildman–Crippen MR) is 68.2 cm³/mol. The third kappa shape index (κ3) is 1.38. The maximum atomic E-state index is 11.9. The minimum Gasteiger partial charge on any atom is -0.451 e. The van der Waals surface area contributed by atoms with E-state index in [-0.39, 0.29) is 11.7 Å². The first-order valence-corrected chi connectivity index (χ1v) is 6.08. The fourth-order valence-electron chi connectivity index (χ4n) is 2.16. The van der Waals surface area contributed by atoms with Crippen molar-refractivity contribution < 1.29 is 14.0 Å². The lowest BCUT2D eigenvalue weighted by Gasteiger charge is -2.04. The third-order valence-electron chi connectivity index (χ3n) is 3.08. The van der Waals surface area contributed by atoms with Gasteiger partial charge in [0.1, 0.15) is 5.58 Å². The van der Waals surface area contributed by atoms with Gasteiger partial charge in [0.15, 0.2) is 5.76 Å². The van der Waals surface area contributed by atoms with Gasteiger partial charge >= 0.3 is 0 Å². The van der Waals surface area contributed by atoms with Crippen LogP contribution in [0.1, 0.15) is 26.5 Å². The normalized spacial score (nSPS) is 14.3. The number of benzene rings is 1. The first-order valence-electron chi connectivity index (χ1n) is 5.29. The quantitative estimate of drug-likeness (QED) is 0.874. The van der Waals surface area contributed by atoms with E-state index in [0.717, 1.165) is 15.4 Å². The van der Waals surface area contributed by atoms with E-state index in [9.17, 15) is 9.59 Å². The maximum absolute atomic E-state index is 11.9. The number of furan rings is 1. The van der Waals surface area contributed by atoms with Crippen LogP contribution in [-0.4, -0.2) is 23.8 Å². The molecule has 0 saturated carbocycles. The first-order chi connectivity index (χ1) is 8.49. The number of fused-ring (bicyclic) bond motifs is 2. The molecule has 1 aliphatic heterocycles. The van der Waals surface area contributed by atoms with E-state index in [0.29, 0.717) is 17.7 Å². The molecular weight excluding hydrogens is 300 g/mol. The minimum atomic E-state index is -0.623. The summed E-state index contributed by atoms with van der Waals surface area (Å²) in [5.41, 5.74) is 7.17. The second-order valence-corrected chi connectivity index (χ2v) is 5.06. The molecule has 92 valence electrons. The average Bonchev–Trinajstić information content (AvgIpc) is 2.85. The smallest absolute Gasteiger partial charge is 0.284 e. The average molecular weight is 309 g/mol. The van der Waals surface area contributed by atoms with Crippen molar-refractivity contribution in [1.29, 1.82) is 0 Å². The van der Waals surface area contributed by atoms with Gasteiger partial charge in [-0.05, 0) is 33.6 Å². The van der Waals surface area contributed by atoms with Gasteiger partial charge in [0.2, 0.25) is 0 Å². The van der Waals surface area contributed by atoms with Crippen molar-refractivity contribution in [2.24, 2.45) is 5.73 Å². The lowest BCUT2D eigenvalue weighted by Crippen LogP contribution is -2.17. The van der Waals surface area contributed by atoms with E-state index in [1.807, 2.05) is 0 Å². The lowest BCUT2D eigenvalue weighted by molar-refractivity contribution is 0.0816. The van der Waals surface area contributed by atoms with E-state index in [1.165, 1.54) is 0 Å². The summed E-state index contributed by atoms with van der Waals surface area (Å²) in [6.45, 7) is 0.543. The van der Waals surface area contributed by atoms with Gasteiger partial charge in [-0.1, -0.05) is 0 Å². The summed E-state index contributed by atoms with van der Waals surface area (Å²) >= 11 is 3.46. The third-order valence-corrected chi connectivity index (χ3v) is 3.98. The molecule has 2 N–H and O–H groups in total. The van der Waals surface area contributed by atoms with Crippen LogP contribution in [0.4, 0.5) is 0 Å². The molecule has 1 aromatic carbocycles. The van der Waals surface area contributed by atoms with Crippen LogP contribution in [0.15, 0.2) is 21.0 Å². The lowest BCUT2D eigenvalue weighted by atomic mass is 10.1. The standard InChI is InChI=1S/C12H9BrN2O3/c1-15-4-7-5(12(15)17)2-8-6(10(7)13)3-9(18-8)11(14)16/h2-3H,4H2,1H3,(H2,14,16). The number of hydrogen-bond acceptors (Lipinski definition) is 3. The molecule has 1 aromatic heterocycles. The second kappa shape index (κ2) is 3.58. The fourth-order valence-corrected chi connectivity index (χ4v) is 2.81. The fraction of sp³-hybridized carbons (Fsp3) is 0.167. The van der Waals surface area contributed by atoms with Crippen LogP contribution >= 0.6 is 15.9 Å². The van der Waals surface area contributed by atoms with Gasteiger partial charge in [-0.2, -0.15) is 0 Å². The molecule has 6 heteroatoms. The predicted octanol–water partition coefficient (Wildman–Crippen LogP) is 1.88. The Labute approximate surface area is 111 Å².